The van der Waals surface area contributed by atoms with Crippen LogP contribution in [-0.2, 0) is 6.42 Å². The van der Waals surface area contributed by atoms with Gasteiger partial charge in [-0.15, -0.1) is 0 Å². The molecule has 2 aromatic carbocycles. The summed E-state index contributed by atoms with van der Waals surface area (Å²) in [5.41, 5.74) is 3.84. The van der Waals surface area contributed by atoms with E-state index in [0.717, 1.165) is 30.8 Å². The minimum absolute atomic E-state index is 0.340. The Morgan fingerprint density at radius 1 is 1.10 bits per heavy atom. The van der Waals surface area contributed by atoms with Crippen LogP contribution < -0.4 is 5.32 Å². The zero-order valence-electron chi connectivity index (χ0n) is 12.9. The maximum absolute atomic E-state index is 6.42. The van der Waals surface area contributed by atoms with Crippen LogP contribution in [0.5, 0.6) is 0 Å². The first-order valence-corrected chi connectivity index (χ1v) is 8.12. The molecule has 2 heteroatoms. The van der Waals surface area contributed by atoms with Gasteiger partial charge in [0, 0.05) is 11.1 Å². The van der Waals surface area contributed by atoms with Gasteiger partial charge in [0.15, 0.2) is 0 Å². The summed E-state index contributed by atoms with van der Waals surface area (Å²) < 4.78 is 0. The van der Waals surface area contributed by atoms with Crippen molar-refractivity contribution in [2.45, 2.75) is 39.2 Å². The fraction of sp³-hybridized carbons (Fsp3) is 0.368. The van der Waals surface area contributed by atoms with Crippen LogP contribution >= 0.6 is 11.6 Å². The monoisotopic (exact) mass is 301 g/mol. The predicted molar refractivity (Wildman–Crippen MR) is 92.0 cm³/mol. The highest BCUT2D eigenvalue weighted by Gasteiger charge is 2.13. The molecule has 1 nitrogen and oxygen atoms in total. The Morgan fingerprint density at radius 3 is 2.52 bits per heavy atom. The van der Waals surface area contributed by atoms with Gasteiger partial charge in [-0.05, 0) is 55.5 Å². The Bertz CT molecular complexity index is 551. The van der Waals surface area contributed by atoms with Crippen molar-refractivity contribution in [1.29, 1.82) is 0 Å². The Kier molecular flexibility index (Phi) is 6.28. The fourth-order valence-electron chi connectivity index (χ4n) is 2.68. The lowest BCUT2D eigenvalue weighted by Gasteiger charge is -2.20. The van der Waals surface area contributed by atoms with Crippen LogP contribution in [0.1, 0.15) is 42.5 Å². The van der Waals surface area contributed by atoms with Gasteiger partial charge in [0.2, 0.25) is 0 Å². The van der Waals surface area contributed by atoms with E-state index in [4.69, 9.17) is 11.6 Å². The zero-order valence-corrected chi connectivity index (χ0v) is 13.7. The highest BCUT2D eigenvalue weighted by atomic mass is 35.5. The molecule has 1 N–H and O–H groups in total. The molecule has 0 aromatic heterocycles. The number of halogens is 1. The van der Waals surface area contributed by atoms with Crippen LogP contribution in [0.4, 0.5) is 0 Å². The van der Waals surface area contributed by atoms with Crippen molar-refractivity contribution in [1.82, 2.24) is 5.32 Å². The number of benzene rings is 2. The Hall–Kier alpha value is -1.31. The van der Waals surface area contributed by atoms with Crippen LogP contribution in [0.2, 0.25) is 5.02 Å². The first-order chi connectivity index (χ1) is 10.2. The van der Waals surface area contributed by atoms with Crippen molar-refractivity contribution < 1.29 is 0 Å². The molecule has 0 bridgehead atoms. The molecule has 0 saturated carbocycles. The molecule has 0 radical (unpaired) electrons. The Morgan fingerprint density at radius 2 is 1.86 bits per heavy atom. The quantitative estimate of drug-likeness (QED) is 0.729. The maximum atomic E-state index is 6.42. The van der Waals surface area contributed by atoms with Gasteiger partial charge in [-0.2, -0.15) is 0 Å². The van der Waals surface area contributed by atoms with Crippen molar-refractivity contribution in [2.24, 2.45) is 0 Å². The SMILES string of the molecule is CCNC(CCCc1ccccc1)c1ccc(C)cc1Cl. The lowest BCUT2D eigenvalue weighted by Crippen LogP contribution is -2.21. The van der Waals surface area contributed by atoms with E-state index in [1.54, 1.807) is 0 Å². The second kappa shape index (κ2) is 8.21. The molecule has 0 aliphatic carbocycles. The van der Waals surface area contributed by atoms with Crippen LogP contribution in [0, 0.1) is 6.92 Å². The third-order valence-corrected chi connectivity index (χ3v) is 4.11. The van der Waals surface area contributed by atoms with E-state index in [2.05, 4.69) is 67.7 Å². The van der Waals surface area contributed by atoms with Crippen LogP contribution in [0.15, 0.2) is 48.5 Å². The van der Waals surface area contributed by atoms with Gasteiger partial charge >= 0.3 is 0 Å². The van der Waals surface area contributed by atoms with E-state index in [-0.39, 0.29) is 0 Å². The first kappa shape index (κ1) is 16.1. The van der Waals surface area contributed by atoms with E-state index in [9.17, 15) is 0 Å². The molecule has 1 unspecified atom stereocenters. The summed E-state index contributed by atoms with van der Waals surface area (Å²) in [6, 6.07) is 17.4. The van der Waals surface area contributed by atoms with Crippen molar-refractivity contribution in [3.8, 4) is 0 Å². The third kappa shape index (κ3) is 4.87. The molecular formula is C19H24ClN. The standard InChI is InChI=1S/C19H24ClN/c1-3-21-19(17-13-12-15(2)14-18(17)20)11-7-10-16-8-5-4-6-9-16/h4-6,8-9,12-14,19,21H,3,7,10-11H2,1-2H3. The highest BCUT2D eigenvalue weighted by Crippen LogP contribution is 2.27. The minimum Gasteiger partial charge on any atom is -0.310 e. The fourth-order valence-corrected chi connectivity index (χ4v) is 3.05. The predicted octanol–water partition coefficient (Wildman–Crippen LogP) is 5.32. The van der Waals surface area contributed by atoms with Gasteiger partial charge in [-0.3, -0.25) is 0 Å². The molecule has 0 aliphatic rings. The van der Waals surface area contributed by atoms with Crippen LogP contribution in [0.3, 0.4) is 0 Å². The lowest BCUT2D eigenvalue weighted by atomic mass is 9.98. The topological polar surface area (TPSA) is 12.0 Å². The molecular weight excluding hydrogens is 278 g/mol. The van der Waals surface area contributed by atoms with Crippen molar-refractivity contribution in [3.63, 3.8) is 0 Å². The second-order valence-corrected chi connectivity index (χ2v) is 5.92. The number of hydrogen-bond acceptors (Lipinski definition) is 1. The molecule has 0 heterocycles. The normalized spacial score (nSPS) is 12.3. The molecule has 112 valence electrons. The summed E-state index contributed by atoms with van der Waals surface area (Å²) in [6.45, 7) is 5.18. The maximum Gasteiger partial charge on any atom is 0.0456 e. The molecule has 0 aliphatic heterocycles. The number of nitrogens with one attached hydrogen (secondary N) is 1. The largest absolute Gasteiger partial charge is 0.310 e. The van der Waals surface area contributed by atoms with Crippen LogP contribution in [0.25, 0.3) is 0 Å². The lowest BCUT2D eigenvalue weighted by molar-refractivity contribution is 0.498. The molecule has 2 rings (SSSR count). The average molecular weight is 302 g/mol. The molecule has 2 aromatic rings. The molecule has 0 fully saturated rings. The molecule has 1 atom stereocenters. The third-order valence-electron chi connectivity index (χ3n) is 3.78. The van der Waals surface area contributed by atoms with E-state index >= 15 is 0 Å². The summed E-state index contributed by atoms with van der Waals surface area (Å²) >= 11 is 6.42. The van der Waals surface area contributed by atoms with Gasteiger partial charge in [-0.1, -0.05) is 61.0 Å². The van der Waals surface area contributed by atoms with E-state index in [0.29, 0.717) is 6.04 Å². The van der Waals surface area contributed by atoms with E-state index < -0.39 is 0 Å². The molecule has 0 saturated heterocycles. The molecule has 0 amide bonds. The van der Waals surface area contributed by atoms with Gasteiger partial charge in [-0.25, -0.2) is 0 Å². The second-order valence-electron chi connectivity index (χ2n) is 5.51. The van der Waals surface area contributed by atoms with Gasteiger partial charge in [0.05, 0.1) is 0 Å². The Balaban J connectivity index is 1.98. The smallest absolute Gasteiger partial charge is 0.0456 e. The van der Waals surface area contributed by atoms with Crippen molar-refractivity contribution >= 4 is 11.6 Å². The van der Waals surface area contributed by atoms with Crippen molar-refractivity contribution in [3.05, 3.63) is 70.2 Å². The van der Waals surface area contributed by atoms with Crippen LogP contribution in [-0.4, -0.2) is 6.54 Å². The molecule has 0 spiro atoms. The summed E-state index contributed by atoms with van der Waals surface area (Å²) in [4.78, 5) is 0. The number of hydrogen-bond donors (Lipinski definition) is 1. The summed E-state index contributed by atoms with van der Waals surface area (Å²) in [7, 11) is 0. The summed E-state index contributed by atoms with van der Waals surface area (Å²) in [6.07, 6.45) is 3.38. The molecule has 21 heavy (non-hydrogen) atoms. The summed E-state index contributed by atoms with van der Waals surface area (Å²) in [5.74, 6) is 0. The van der Waals surface area contributed by atoms with Gasteiger partial charge in [0.1, 0.15) is 0 Å². The number of aryl methyl sites for hydroxylation is 2. The number of rotatable bonds is 7. The Labute approximate surface area is 133 Å². The van der Waals surface area contributed by atoms with E-state index in [1.165, 1.54) is 16.7 Å². The minimum atomic E-state index is 0.340. The van der Waals surface area contributed by atoms with Gasteiger partial charge in [0.25, 0.3) is 0 Å². The average Bonchev–Trinajstić information content (AvgIpc) is 2.48. The van der Waals surface area contributed by atoms with Crippen molar-refractivity contribution in [2.75, 3.05) is 6.54 Å². The van der Waals surface area contributed by atoms with Gasteiger partial charge < -0.3 is 5.32 Å². The zero-order chi connectivity index (χ0) is 15.1. The summed E-state index contributed by atoms with van der Waals surface area (Å²) in [5, 5.41) is 4.44. The first-order valence-electron chi connectivity index (χ1n) is 7.74. The van der Waals surface area contributed by atoms with E-state index in [1.807, 2.05) is 0 Å². The highest BCUT2D eigenvalue weighted by molar-refractivity contribution is 6.31.